The molecule has 2 unspecified atom stereocenters. The Labute approximate surface area is 59.5 Å². The minimum Gasteiger partial charge on any atom is -0.303 e. The quantitative estimate of drug-likeness (QED) is 0.547. The number of hydrogen-bond donors (Lipinski definition) is 0. The Morgan fingerprint density at radius 2 is 2.56 bits per heavy atom. The summed E-state index contributed by atoms with van der Waals surface area (Å²) in [5.41, 5.74) is 0. The van der Waals surface area contributed by atoms with Crippen LogP contribution >= 0.6 is 11.8 Å². The molecule has 0 aromatic heterocycles. The first-order valence-corrected chi connectivity index (χ1v) is 4.04. The highest BCUT2D eigenvalue weighted by Crippen LogP contribution is 2.30. The summed E-state index contributed by atoms with van der Waals surface area (Å²) in [6.45, 7) is 2.14. The summed E-state index contributed by atoms with van der Waals surface area (Å²) in [5.74, 6) is 0.584. The van der Waals surface area contributed by atoms with Gasteiger partial charge >= 0.3 is 0 Å². The summed E-state index contributed by atoms with van der Waals surface area (Å²) in [6, 6.07) is 0. The Bertz CT molecular complexity index is 131. The van der Waals surface area contributed by atoms with E-state index in [0.717, 1.165) is 6.29 Å². The van der Waals surface area contributed by atoms with Crippen molar-refractivity contribution in [3.63, 3.8) is 0 Å². The highest BCUT2D eigenvalue weighted by atomic mass is 32.2. The van der Waals surface area contributed by atoms with Crippen molar-refractivity contribution in [3.8, 4) is 0 Å². The molecule has 0 aromatic rings. The highest BCUT2D eigenvalue weighted by Gasteiger charge is 2.17. The molecule has 2 heteroatoms. The van der Waals surface area contributed by atoms with Crippen molar-refractivity contribution in [1.82, 2.24) is 0 Å². The minimum atomic E-state index is 0.516. The third-order valence-corrected chi connectivity index (χ3v) is 2.84. The summed E-state index contributed by atoms with van der Waals surface area (Å²) < 4.78 is 0. The lowest BCUT2D eigenvalue weighted by Crippen LogP contribution is -2.07. The van der Waals surface area contributed by atoms with Gasteiger partial charge in [-0.1, -0.05) is 13.0 Å². The van der Waals surface area contributed by atoms with E-state index in [1.54, 1.807) is 11.8 Å². The van der Waals surface area contributed by atoms with Crippen molar-refractivity contribution < 1.29 is 4.79 Å². The molecule has 1 nitrogen and oxygen atoms in total. The Kier molecular flexibility index (Phi) is 2.34. The maximum Gasteiger partial charge on any atom is 0.121 e. The second-order valence-corrected chi connectivity index (χ2v) is 3.41. The van der Waals surface area contributed by atoms with E-state index in [9.17, 15) is 4.79 Å². The van der Waals surface area contributed by atoms with Gasteiger partial charge in [-0.3, -0.25) is 0 Å². The van der Waals surface area contributed by atoms with Crippen LogP contribution in [-0.4, -0.2) is 11.5 Å². The Hall–Kier alpha value is -0.240. The van der Waals surface area contributed by atoms with E-state index in [1.807, 2.05) is 0 Å². The number of carbonyl (C=O) groups is 1. The summed E-state index contributed by atoms with van der Waals surface area (Å²) >= 11 is 1.76. The number of hydrogen-bond acceptors (Lipinski definition) is 2. The molecule has 0 radical (unpaired) electrons. The van der Waals surface area contributed by atoms with Gasteiger partial charge in [0.25, 0.3) is 0 Å². The molecule has 1 aliphatic rings. The van der Waals surface area contributed by atoms with Crippen molar-refractivity contribution in [2.24, 2.45) is 5.92 Å². The van der Waals surface area contributed by atoms with Gasteiger partial charge in [0.05, 0.1) is 0 Å². The average molecular weight is 142 g/mol. The lowest BCUT2D eigenvalue weighted by molar-refractivity contribution is -0.107. The largest absolute Gasteiger partial charge is 0.303 e. The lowest BCUT2D eigenvalue weighted by Gasteiger charge is -2.08. The van der Waals surface area contributed by atoms with E-state index in [1.165, 1.54) is 0 Å². The second-order valence-electron chi connectivity index (χ2n) is 2.26. The van der Waals surface area contributed by atoms with Gasteiger partial charge in [-0.25, -0.2) is 0 Å². The van der Waals surface area contributed by atoms with Gasteiger partial charge in [0.15, 0.2) is 0 Å². The molecule has 0 saturated heterocycles. The van der Waals surface area contributed by atoms with Crippen LogP contribution in [0.3, 0.4) is 0 Å². The molecule has 0 spiro atoms. The number of rotatable bonds is 2. The van der Waals surface area contributed by atoms with Crippen LogP contribution in [0.5, 0.6) is 0 Å². The average Bonchev–Trinajstić information content (AvgIpc) is 2.18. The second kappa shape index (κ2) is 3.06. The van der Waals surface area contributed by atoms with Gasteiger partial charge in [0, 0.05) is 11.7 Å². The first kappa shape index (κ1) is 6.87. The maximum atomic E-state index is 10.1. The predicted molar refractivity (Wildman–Crippen MR) is 40.4 cm³/mol. The molecular weight excluding hydrogens is 132 g/mol. The molecule has 1 aliphatic heterocycles. The SMILES string of the molecule is CC1C=CSC1CC=O. The summed E-state index contributed by atoms with van der Waals surface area (Å²) in [4.78, 5) is 10.1. The zero-order chi connectivity index (χ0) is 6.69. The topological polar surface area (TPSA) is 17.1 Å². The Morgan fingerprint density at radius 3 is 3.00 bits per heavy atom. The molecule has 1 heterocycles. The third-order valence-electron chi connectivity index (χ3n) is 1.55. The lowest BCUT2D eigenvalue weighted by atomic mass is 10.1. The summed E-state index contributed by atoms with van der Waals surface area (Å²) in [7, 11) is 0. The minimum absolute atomic E-state index is 0.516. The van der Waals surface area contributed by atoms with Crippen LogP contribution in [-0.2, 0) is 4.79 Å². The van der Waals surface area contributed by atoms with Gasteiger partial charge in [-0.15, -0.1) is 11.8 Å². The van der Waals surface area contributed by atoms with Crippen molar-refractivity contribution in [1.29, 1.82) is 0 Å². The normalized spacial score (nSPS) is 33.0. The van der Waals surface area contributed by atoms with Crippen molar-refractivity contribution >= 4 is 18.0 Å². The number of allylic oxidation sites excluding steroid dienone is 1. The van der Waals surface area contributed by atoms with E-state index >= 15 is 0 Å². The molecule has 2 atom stereocenters. The third kappa shape index (κ3) is 1.58. The highest BCUT2D eigenvalue weighted by molar-refractivity contribution is 8.03. The van der Waals surface area contributed by atoms with Crippen molar-refractivity contribution in [2.45, 2.75) is 18.6 Å². The molecule has 0 aromatic carbocycles. The van der Waals surface area contributed by atoms with E-state index < -0.39 is 0 Å². The van der Waals surface area contributed by atoms with Gasteiger partial charge in [-0.2, -0.15) is 0 Å². The summed E-state index contributed by atoms with van der Waals surface area (Å²) in [5, 5.41) is 2.60. The Balaban J connectivity index is 2.36. The van der Waals surface area contributed by atoms with E-state index in [4.69, 9.17) is 0 Å². The fourth-order valence-electron chi connectivity index (χ4n) is 0.883. The monoisotopic (exact) mass is 142 g/mol. The maximum absolute atomic E-state index is 10.1. The molecule has 50 valence electrons. The molecule has 0 N–H and O–H groups in total. The van der Waals surface area contributed by atoms with E-state index in [0.29, 0.717) is 17.6 Å². The van der Waals surface area contributed by atoms with Crippen LogP contribution < -0.4 is 0 Å². The van der Waals surface area contributed by atoms with Gasteiger partial charge in [0.1, 0.15) is 6.29 Å². The standard InChI is InChI=1S/C7H10OS/c1-6-3-5-9-7(6)2-4-8/h3-7H,2H2,1H3. The van der Waals surface area contributed by atoms with Gasteiger partial charge < -0.3 is 4.79 Å². The van der Waals surface area contributed by atoms with Crippen LogP contribution in [0, 0.1) is 5.92 Å². The fraction of sp³-hybridized carbons (Fsp3) is 0.571. The first-order valence-electron chi connectivity index (χ1n) is 3.10. The number of aldehydes is 1. The molecule has 0 fully saturated rings. The zero-order valence-corrected chi connectivity index (χ0v) is 6.23. The molecule has 0 saturated carbocycles. The van der Waals surface area contributed by atoms with Crippen LogP contribution in [0.2, 0.25) is 0 Å². The van der Waals surface area contributed by atoms with Gasteiger partial charge in [-0.05, 0) is 11.3 Å². The fourth-order valence-corrected chi connectivity index (χ4v) is 1.95. The first-order chi connectivity index (χ1) is 4.34. The van der Waals surface area contributed by atoms with Crippen LogP contribution in [0.15, 0.2) is 11.5 Å². The van der Waals surface area contributed by atoms with E-state index in [2.05, 4.69) is 18.4 Å². The predicted octanol–water partition coefficient (Wildman–Crippen LogP) is 1.84. The molecule has 1 rings (SSSR count). The molecule has 0 bridgehead atoms. The number of carbonyl (C=O) groups excluding carboxylic acids is 1. The zero-order valence-electron chi connectivity index (χ0n) is 5.41. The molecule has 0 aliphatic carbocycles. The molecule has 9 heavy (non-hydrogen) atoms. The van der Waals surface area contributed by atoms with Crippen LogP contribution in [0.4, 0.5) is 0 Å². The van der Waals surface area contributed by atoms with E-state index in [-0.39, 0.29) is 0 Å². The summed E-state index contributed by atoms with van der Waals surface area (Å²) in [6.07, 6.45) is 3.85. The Morgan fingerprint density at radius 1 is 1.78 bits per heavy atom. The number of thioether (sulfide) groups is 1. The van der Waals surface area contributed by atoms with Crippen molar-refractivity contribution in [2.75, 3.05) is 0 Å². The van der Waals surface area contributed by atoms with Gasteiger partial charge in [0.2, 0.25) is 0 Å². The molecular formula is C7H10OS. The van der Waals surface area contributed by atoms with Crippen molar-refractivity contribution in [3.05, 3.63) is 11.5 Å². The van der Waals surface area contributed by atoms with Crippen LogP contribution in [0.1, 0.15) is 13.3 Å². The van der Waals surface area contributed by atoms with Crippen LogP contribution in [0.25, 0.3) is 0 Å². The molecule has 0 amide bonds. The smallest absolute Gasteiger partial charge is 0.121 e.